The van der Waals surface area contributed by atoms with E-state index < -0.39 is 0 Å². The summed E-state index contributed by atoms with van der Waals surface area (Å²) in [6.45, 7) is 2.28. The Labute approximate surface area is 242 Å². The topological polar surface area (TPSA) is 108 Å². The summed E-state index contributed by atoms with van der Waals surface area (Å²) in [5, 5.41) is 6.93. The van der Waals surface area contributed by atoms with Crippen LogP contribution in [0.3, 0.4) is 0 Å². The lowest BCUT2D eigenvalue weighted by Gasteiger charge is -2.33. The van der Waals surface area contributed by atoms with Crippen molar-refractivity contribution in [3.63, 3.8) is 0 Å². The molecule has 3 aliphatic rings. The highest BCUT2D eigenvalue weighted by atomic mass is 35.5. The normalized spacial score (nSPS) is 20.4. The van der Waals surface area contributed by atoms with Crippen molar-refractivity contribution in [1.29, 1.82) is 0 Å². The van der Waals surface area contributed by atoms with E-state index in [2.05, 4.69) is 42.2 Å². The van der Waals surface area contributed by atoms with E-state index in [4.69, 9.17) is 16.6 Å². The van der Waals surface area contributed by atoms with Crippen LogP contribution in [0.5, 0.6) is 0 Å². The zero-order chi connectivity index (χ0) is 28.1. The fraction of sp³-hybridized carbons (Fsp3) is 0.367. The number of rotatable bonds is 8. The maximum atomic E-state index is 12.8. The number of imidazole rings is 1. The van der Waals surface area contributed by atoms with Crippen LogP contribution in [0.4, 0.5) is 17.3 Å². The van der Waals surface area contributed by atoms with E-state index in [9.17, 15) is 9.59 Å². The molecular formula is C30H31ClN8O2. The largest absolute Gasteiger partial charge is 0.364 e. The van der Waals surface area contributed by atoms with Crippen LogP contribution in [-0.4, -0.2) is 62.7 Å². The van der Waals surface area contributed by atoms with Gasteiger partial charge >= 0.3 is 0 Å². The van der Waals surface area contributed by atoms with Crippen LogP contribution in [0.1, 0.15) is 47.9 Å². The molecule has 2 atom stereocenters. The van der Waals surface area contributed by atoms with E-state index in [1.54, 1.807) is 11.0 Å². The number of aromatic nitrogens is 4. The molecule has 2 aliphatic carbocycles. The monoisotopic (exact) mass is 570 g/mol. The maximum absolute atomic E-state index is 12.8. The summed E-state index contributed by atoms with van der Waals surface area (Å²) in [4.78, 5) is 42.7. The van der Waals surface area contributed by atoms with Crippen LogP contribution in [0.2, 0.25) is 5.02 Å². The molecule has 2 saturated carbocycles. The summed E-state index contributed by atoms with van der Waals surface area (Å²) in [5.74, 6) is 1.78. The number of carbonyl (C=O) groups is 2. The number of hydrogen-bond donors (Lipinski definition) is 2. The number of nitrogens with one attached hydrogen (secondary N) is 2. The van der Waals surface area contributed by atoms with Crippen molar-refractivity contribution in [2.45, 2.75) is 37.6 Å². The first-order chi connectivity index (χ1) is 19.9. The van der Waals surface area contributed by atoms with E-state index in [-0.39, 0.29) is 23.7 Å². The molecular weight excluding hydrogens is 540 g/mol. The third-order valence-electron chi connectivity index (χ3n) is 8.22. The first-order valence-electron chi connectivity index (χ1n) is 14.0. The highest BCUT2D eigenvalue weighted by Crippen LogP contribution is 2.48. The predicted octanol–water partition coefficient (Wildman–Crippen LogP) is 4.29. The van der Waals surface area contributed by atoms with Crippen molar-refractivity contribution >= 4 is 46.4 Å². The molecule has 4 heterocycles. The van der Waals surface area contributed by atoms with Gasteiger partial charge in [-0.25, -0.2) is 15.0 Å². The lowest BCUT2D eigenvalue weighted by atomic mass is 10.1. The Morgan fingerprint density at radius 3 is 2.73 bits per heavy atom. The number of pyridine rings is 1. The van der Waals surface area contributed by atoms with Gasteiger partial charge in [-0.15, -0.1) is 0 Å². The second kappa shape index (κ2) is 10.3. The highest BCUT2D eigenvalue weighted by Gasteiger charge is 2.44. The number of likely N-dealkylation sites (N-methyl/N-ethyl adjacent to an activating group) is 1. The lowest BCUT2D eigenvalue weighted by Crippen LogP contribution is -2.48. The molecule has 1 saturated heterocycles. The van der Waals surface area contributed by atoms with Gasteiger partial charge in [0.1, 0.15) is 18.0 Å². The van der Waals surface area contributed by atoms with Crippen LogP contribution in [0, 0.1) is 5.92 Å². The Kier molecular flexibility index (Phi) is 6.50. The molecule has 1 aromatic carbocycles. The lowest BCUT2D eigenvalue weighted by molar-refractivity contribution is -0.129. The van der Waals surface area contributed by atoms with Gasteiger partial charge in [0, 0.05) is 49.5 Å². The third kappa shape index (κ3) is 5.44. The third-order valence-corrected chi connectivity index (χ3v) is 8.46. The van der Waals surface area contributed by atoms with Gasteiger partial charge in [-0.1, -0.05) is 23.7 Å². The molecule has 41 heavy (non-hydrogen) atoms. The van der Waals surface area contributed by atoms with Crippen molar-refractivity contribution < 1.29 is 9.59 Å². The van der Waals surface area contributed by atoms with Crippen LogP contribution in [0.15, 0.2) is 55.1 Å². The fourth-order valence-electron chi connectivity index (χ4n) is 5.59. The van der Waals surface area contributed by atoms with Crippen molar-refractivity contribution in [1.82, 2.24) is 24.3 Å². The van der Waals surface area contributed by atoms with E-state index in [0.29, 0.717) is 42.2 Å². The van der Waals surface area contributed by atoms with Gasteiger partial charge in [-0.05, 0) is 60.4 Å². The molecule has 10 nitrogen and oxygen atoms in total. The SMILES string of the molecule is CN1CCN(c2cc(C3CC3)cn3cc(CNc4cc(NC(=O)[C@H]5C[C@@H]5c5cccc(Cl)c5)ncn4)nc23)CC1=O. The summed E-state index contributed by atoms with van der Waals surface area (Å²) in [5.41, 5.74) is 5.08. The minimum Gasteiger partial charge on any atom is -0.364 e. The molecule has 7 rings (SSSR count). The Hall–Kier alpha value is -4.18. The van der Waals surface area contributed by atoms with Gasteiger partial charge in [0.15, 0.2) is 5.65 Å². The average Bonchev–Trinajstić information content (AvgIpc) is 3.89. The van der Waals surface area contributed by atoms with Crippen LogP contribution in [0.25, 0.3) is 5.65 Å². The summed E-state index contributed by atoms with van der Waals surface area (Å²) < 4.78 is 2.08. The Balaban J connectivity index is 1.04. The average molecular weight is 571 g/mol. The number of carbonyl (C=O) groups excluding carboxylic acids is 2. The summed E-state index contributed by atoms with van der Waals surface area (Å²) in [6, 6.07) is 11.6. The molecule has 0 unspecified atom stereocenters. The minimum atomic E-state index is -0.0943. The standard InChI is InChI=1S/C30H31ClN8O2/c1-37-7-8-38(16-28(37)40)25-10-20(18-5-6-18)14-39-15-22(35-29(25)39)13-32-26-12-27(34-17-33-26)36-30(41)24-11-23(24)19-3-2-4-21(31)9-19/h2-4,9-10,12,14-15,17-18,23-24H,5-8,11,13,16H2,1H3,(H2,32,33,34,36,41)/t23-,24+/m1/s1. The fourth-order valence-corrected chi connectivity index (χ4v) is 5.79. The number of halogens is 1. The second-order valence-corrected chi connectivity index (χ2v) is 11.7. The first-order valence-corrected chi connectivity index (χ1v) is 14.4. The van der Waals surface area contributed by atoms with E-state index in [1.165, 1.54) is 24.7 Å². The summed E-state index contributed by atoms with van der Waals surface area (Å²) in [6.07, 6.45) is 8.82. The smallest absolute Gasteiger partial charge is 0.241 e. The molecule has 0 spiro atoms. The number of amides is 2. The van der Waals surface area contributed by atoms with Crippen molar-refractivity contribution in [2.75, 3.05) is 42.2 Å². The van der Waals surface area contributed by atoms with Crippen molar-refractivity contribution in [3.05, 3.63) is 77.0 Å². The minimum absolute atomic E-state index is 0.0543. The molecule has 3 aromatic heterocycles. The highest BCUT2D eigenvalue weighted by molar-refractivity contribution is 6.30. The molecule has 4 aromatic rings. The predicted molar refractivity (Wildman–Crippen MR) is 157 cm³/mol. The maximum Gasteiger partial charge on any atom is 0.241 e. The van der Waals surface area contributed by atoms with Crippen molar-refractivity contribution in [3.8, 4) is 0 Å². The number of fused-ring (bicyclic) bond motifs is 1. The molecule has 11 heteroatoms. The number of hydrogen-bond acceptors (Lipinski definition) is 7. The first kappa shape index (κ1) is 25.8. The summed E-state index contributed by atoms with van der Waals surface area (Å²) in [7, 11) is 1.85. The molecule has 2 amide bonds. The number of nitrogens with zero attached hydrogens (tertiary/aromatic N) is 6. The molecule has 3 fully saturated rings. The molecule has 2 N–H and O–H groups in total. The quantitative estimate of drug-likeness (QED) is 0.325. The van der Waals surface area contributed by atoms with Crippen LogP contribution >= 0.6 is 11.6 Å². The number of piperazine rings is 1. The van der Waals surface area contributed by atoms with Gasteiger partial charge in [-0.3, -0.25) is 9.59 Å². The van der Waals surface area contributed by atoms with E-state index in [1.807, 2.05) is 37.5 Å². The molecule has 0 radical (unpaired) electrons. The summed E-state index contributed by atoms with van der Waals surface area (Å²) >= 11 is 6.12. The van der Waals surface area contributed by atoms with Crippen LogP contribution in [-0.2, 0) is 16.1 Å². The van der Waals surface area contributed by atoms with Gasteiger partial charge in [-0.2, -0.15) is 0 Å². The number of benzene rings is 1. The van der Waals surface area contributed by atoms with Gasteiger partial charge in [0.2, 0.25) is 11.8 Å². The van der Waals surface area contributed by atoms with E-state index >= 15 is 0 Å². The van der Waals surface area contributed by atoms with Crippen LogP contribution < -0.4 is 15.5 Å². The molecule has 1 aliphatic heterocycles. The van der Waals surface area contributed by atoms with Gasteiger partial charge in [0.05, 0.1) is 24.5 Å². The Morgan fingerprint density at radius 1 is 1.07 bits per heavy atom. The molecule has 0 bridgehead atoms. The van der Waals surface area contributed by atoms with Gasteiger partial charge in [0.25, 0.3) is 0 Å². The van der Waals surface area contributed by atoms with E-state index in [0.717, 1.165) is 35.6 Å². The molecule has 210 valence electrons. The van der Waals surface area contributed by atoms with Gasteiger partial charge < -0.3 is 24.8 Å². The number of anilines is 3. The Bertz CT molecular complexity index is 1650. The zero-order valence-corrected chi connectivity index (χ0v) is 23.5. The second-order valence-electron chi connectivity index (χ2n) is 11.3. The van der Waals surface area contributed by atoms with Crippen molar-refractivity contribution in [2.24, 2.45) is 5.92 Å². The zero-order valence-electron chi connectivity index (χ0n) is 22.8. The Morgan fingerprint density at radius 2 is 1.93 bits per heavy atom.